The van der Waals surface area contributed by atoms with Crippen LogP contribution in [-0.4, -0.2) is 55.7 Å². The lowest BCUT2D eigenvalue weighted by Crippen LogP contribution is -2.31. The molecule has 1 aromatic carbocycles. The number of carboxylic acid groups (broad SMARTS) is 1. The van der Waals surface area contributed by atoms with E-state index in [2.05, 4.69) is 10.6 Å². The first-order valence-electron chi connectivity index (χ1n) is 6.22. The molecule has 0 spiro atoms. The van der Waals surface area contributed by atoms with E-state index in [0.717, 1.165) is 0 Å². The molecule has 0 saturated carbocycles. The summed E-state index contributed by atoms with van der Waals surface area (Å²) in [7, 11) is 1.57. The standard InChI is InChI=1S/C13H18N2O6/c1-20-6-7-21-5-4-14-13(19)15-9-2-3-11(16)10(8-9)12(17)18/h2-3,8,16H,4-7H2,1H3,(H,17,18)(H2,14,15,19). The van der Waals surface area contributed by atoms with E-state index < -0.39 is 12.0 Å². The number of amides is 2. The van der Waals surface area contributed by atoms with Crippen LogP contribution in [0.5, 0.6) is 5.75 Å². The molecule has 4 N–H and O–H groups in total. The van der Waals surface area contributed by atoms with Crippen LogP contribution in [0.3, 0.4) is 0 Å². The van der Waals surface area contributed by atoms with E-state index in [1.54, 1.807) is 7.11 Å². The topological polar surface area (TPSA) is 117 Å². The lowest BCUT2D eigenvalue weighted by atomic mass is 10.2. The fraction of sp³-hybridized carbons (Fsp3) is 0.385. The normalized spacial score (nSPS) is 10.1. The maximum atomic E-state index is 11.6. The fourth-order valence-electron chi connectivity index (χ4n) is 1.44. The molecule has 1 rings (SSSR count). The Balaban J connectivity index is 2.38. The Kier molecular flexibility index (Phi) is 6.99. The van der Waals surface area contributed by atoms with Crippen LogP contribution in [0, 0.1) is 0 Å². The largest absolute Gasteiger partial charge is 0.507 e. The van der Waals surface area contributed by atoms with Crippen molar-refractivity contribution in [1.29, 1.82) is 0 Å². The molecule has 0 unspecified atom stereocenters. The Morgan fingerprint density at radius 3 is 2.67 bits per heavy atom. The van der Waals surface area contributed by atoms with Crippen LogP contribution in [0.25, 0.3) is 0 Å². The van der Waals surface area contributed by atoms with Gasteiger partial charge in [-0.1, -0.05) is 0 Å². The Hall–Kier alpha value is -2.32. The zero-order chi connectivity index (χ0) is 15.7. The number of urea groups is 1. The first-order valence-corrected chi connectivity index (χ1v) is 6.22. The minimum atomic E-state index is -1.27. The summed E-state index contributed by atoms with van der Waals surface area (Å²) in [6.45, 7) is 1.57. The SMILES string of the molecule is COCCOCCNC(=O)Nc1ccc(O)c(C(=O)O)c1. The van der Waals surface area contributed by atoms with E-state index in [1.807, 2.05) is 0 Å². The molecule has 0 aliphatic carbocycles. The molecule has 0 aliphatic heterocycles. The Morgan fingerprint density at radius 1 is 1.24 bits per heavy atom. The number of aromatic hydroxyl groups is 1. The van der Waals surface area contributed by atoms with Gasteiger partial charge in [0.05, 0.1) is 19.8 Å². The van der Waals surface area contributed by atoms with Crippen molar-refractivity contribution in [3.63, 3.8) is 0 Å². The van der Waals surface area contributed by atoms with Crippen molar-refractivity contribution < 1.29 is 29.3 Å². The summed E-state index contributed by atoms with van der Waals surface area (Å²) in [6, 6.07) is 3.28. The molecule has 2 amide bonds. The van der Waals surface area contributed by atoms with Gasteiger partial charge in [0.25, 0.3) is 0 Å². The van der Waals surface area contributed by atoms with Gasteiger partial charge in [0.15, 0.2) is 0 Å². The van der Waals surface area contributed by atoms with Crippen molar-refractivity contribution in [2.75, 3.05) is 38.8 Å². The molecule has 0 radical (unpaired) electrons. The van der Waals surface area contributed by atoms with Crippen molar-refractivity contribution in [2.45, 2.75) is 0 Å². The summed E-state index contributed by atoms with van der Waals surface area (Å²) < 4.78 is 9.96. The molecule has 0 heterocycles. The van der Waals surface area contributed by atoms with Gasteiger partial charge in [-0.25, -0.2) is 9.59 Å². The number of benzene rings is 1. The van der Waals surface area contributed by atoms with Crippen molar-refractivity contribution >= 4 is 17.7 Å². The number of hydrogen-bond acceptors (Lipinski definition) is 5. The molecular weight excluding hydrogens is 280 g/mol. The minimum absolute atomic E-state index is 0.267. The second-order valence-electron chi connectivity index (χ2n) is 4.02. The third-order valence-electron chi connectivity index (χ3n) is 2.45. The number of carbonyl (C=O) groups excluding carboxylic acids is 1. The summed E-state index contributed by atoms with van der Waals surface area (Å²) in [5.41, 5.74) is -0.0151. The first-order chi connectivity index (χ1) is 10.0. The van der Waals surface area contributed by atoms with Gasteiger partial charge in [-0.3, -0.25) is 0 Å². The first kappa shape index (κ1) is 16.7. The highest BCUT2D eigenvalue weighted by molar-refractivity contribution is 5.95. The van der Waals surface area contributed by atoms with Gasteiger partial charge in [0, 0.05) is 19.3 Å². The van der Waals surface area contributed by atoms with Gasteiger partial charge in [-0.15, -0.1) is 0 Å². The number of methoxy groups -OCH3 is 1. The summed E-state index contributed by atoms with van der Waals surface area (Å²) in [6.07, 6.45) is 0. The van der Waals surface area contributed by atoms with Crippen LogP contribution in [0.4, 0.5) is 10.5 Å². The third kappa shape index (κ3) is 6.11. The summed E-state index contributed by atoms with van der Waals surface area (Å²) in [5, 5.41) is 23.2. The predicted octanol–water partition coefficient (Wildman–Crippen LogP) is 0.875. The number of aromatic carboxylic acids is 1. The number of nitrogens with one attached hydrogen (secondary N) is 2. The Labute approximate surface area is 121 Å². The molecule has 8 nitrogen and oxygen atoms in total. The van der Waals surface area contributed by atoms with Gasteiger partial charge < -0.3 is 30.3 Å². The molecule has 0 aliphatic rings. The number of rotatable bonds is 8. The van der Waals surface area contributed by atoms with Crippen LogP contribution in [0.1, 0.15) is 10.4 Å². The average molecular weight is 298 g/mol. The monoisotopic (exact) mass is 298 g/mol. The van der Waals surface area contributed by atoms with Crippen molar-refractivity contribution in [2.24, 2.45) is 0 Å². The van der Waals surface area contributed by atoms with E-state index >= 15 is 0 Å². The van der Waals surface area contributed by atoms with E-state index in [4.69, 9.17) is 14.6 Å². The van der Waals surface area contributed by atoms with Crippen LogP contribution >= 0.6 is 0 Å². The molecule has 0 bridgehead atoms. The summed E-state index contributed by atoms with van der Waals surface area (Å²) in [4.78, 5) is 22.4. The maximum absolute atomic E-state index is 11.6. The minimum Gasteiger partial charge on any atom is -0.507 e. The van der Waals surface area contributed by atoms with Gasteiger partial charge in [-0.05, 0) is 18.2 Å². The Bertz CT molecular complexity index is 492. The number of carbonyl (C=O) groups is 2. The van der Waals surface area contributed by atoms with E-state index in [-0.39, 0.29) is 17.0 Å². The molecular formula is C13H18N2O6. The van der Waals surface area contributed by atoms with Crippen LogP contribution in [0.15, 0.2) is 18.2 Å². The zero-order valence-electron chi connectivity index (χ0n) is 11.6. The van der Waals surface area contributed by atoms with Gasteiger partial charge in [0.2, 0.25) is 0 Å². The van der Waals surface area contributed by atoms with Crippen LogP contribution in [0.2, 0.25) is 0 Å². The van der Waals surface area contributed by atoms with Crippen molar-refractivity contribution in [1.82, 2.24) is 5.32 Å². The highest BCUT2D eigenvalue weighted by Crippen LogP contribution is 2.21. The second kappa shape index (κ2) is 8.77. The fourth-order valence-corrected chi connectivity index (χ4v) is 1.44. The van der Waals surface area contributed by atoms with Crippen LogP contribution in [-0.2, 0) is 9.47 Å². The van der Waals surface area contributed by atoms with Gasteiger partial charge >= 0.3 is 12.0 Å². The van der Waals surface area contributed by atoms with Crippen molar-refractivity contribution in [3.8, 4) is 5.75 Å². The third-order valence-corrected chi connectivity index (χ3v) is 2.45. The quantitative estimate of drug-likeness (QED) is 0.418. The van der Waals surface area contributed by atoms with Gasteiger partial charge in [-0.2, -0.15) is 0 Å². The highest BCUT2D eigenvalue weighted by Gasteiger charge is 2.11. The summed E-state index contributed by atoms with van der Waals surface area (Å²) in [5.74, 6) is -1.64. The number of phenols is 1. The molecule has 21 heavy (non-hydrogen) atoms. The molecule has 0 fully saturated rings. The number of hydrogen-bond donors (Lipinski definition) is 4. The van der Waals surface area contributed by atoms with E-state index in [9.17, 15) is 14.7 Å². The number of anilines is 1. The molecule has 0 saturated heterocycles. The highest BCUT2D eigenvalue weighted by atomic mass is 16.5. The van der Waals surface area contributed by atoms with Gasteiger partial charge in [0.1, 0.15) is 11.3 Å². The lowest BCUT2D eigenvalue weighted by Gasteiger charge is -2.09. The summed E-state index contributed by atoms with van der Waals surface area (Å²) >= 11 is 0. The molecule has 116 valence electrons. The number of carboxylic acids is 1. The zero-order valence-corrected chi connectivity index (χ0v) is 11.6. The average Bonchev–Trinajstić information content (AvgIpc) is 2.44. The van der Waals surface area contributed by atoms with Crippen molar-refractivity contribution in [3.05, 3.63) is 23.8 Å². The van der Waals surface area contributed by atoms with Crippen LogP contribution < -0.4 is 10.6 Å². The second-order valence-corrected chi connectivity index (χ2v) is 4.02. The van der Waals surface area contributed by atoms with E-state index in [1.165, 1.54) is 18.2 Å². The Morgan fingerprint density at radius 2 is 2.00 bits per heavy atom. The molecule has 8 heteroatoms. The molecule has 1 aromatic rings. The molecule has 0 atom stereocenters. The lowest BCUT2D eigenvalue weighted by molar-refractivity contribution is 0.0693. The number of ether oxygens (including phenoxy) is 2. The maximum Gasteiger partial charge on any atom is 0.339 e. The van der Waals surface area contributed by atoms with E-state index in [0.29, 0.717) is 26.4 Å². The molecule has 0 aromatic heterocycles. The smallest absolute Gasteiger partial charge is 0.339 e. The predicted molar refractivity (Wildman–Crippen MR) is 74.8 cm³/mol.